The Kier molecular flexibility index (Phi) is 8.35. The lowest BCUT2D eigenvalue weighted by Gasteiger charge is -1.91. The predicted molar refractivity (Wildman–Crippen MR) is 80.3 cm³/mol. The molecule has 6 N–H and O–H groups in total. The van der Waals surface area contributed by atoms with E-state index in [1.165, 1.54) is 0 Å². The third kappa shape index (κ3) is 10.5. The number of rotatable bonds is 5. The van der Waals surface area contributed by atoms with Crippen molar-refractivity contribution in [3.05, 3.63) is 54.2 Å². The van der Waals surface area contributed by atoms with Crippen LogP contribution in [0.5, 0.6) is 0 Å². The molecule has 0 unspecified atom stereocenters. The number of hydrogen-bond acceptors (Lipinski definition) is 3. The first-order valence-electron chi connectivity index (χ1n) is 5.76. The van der Waals surface area contributed by atoms with Gasteiger partial charge >= 0.3 is 11.9 Å². The van der Waals surface area contributed by atoms with E-state index >= 15 is 0 Å². The minimum atomic E-state index is -1.27. The lowest BCUT2D eigenvalue weighted by atomic mass is 10.2. The third-order valence-electron chi connectivity index (χ3n) is 1.96. The van der Waals surface area contributed by atoms with Crippen LogP contribution in [-0.2, 0) is 9.59 Å². The number of carbonyl (C=O) groups is 2. The fourth-order valence-corrected chi connectivity index (χ4v) is 1.03. The third-order valence-corrected chi connectivity index (χ3v) is 1.96. The van der Waals surface area contributed by atoms with Crippen LogP contribution in [0.4, 0.5) is 0 Å². The highest BCUT2D eigenvalue weighted by molar-refractivity contribution is 5.91. The van der Waals surface area contributed by atoms with Gasteiger partial charge in [-0.15, -0.1) is 0 Å². The fourth-order valence-electron chi connectivity index (χ4n) is 1.03. The number of aliphatic carboxylic acids is 2. The zero-order valence-electron chi connectivity index (χ0n) is 11.3. The van der Waals surface area contributed by atoms with Crippen molar-refractivity contribution in [2.24, 2.45) is 16.5 Å². The van der Waals surface area contributed by atoms with Crippen molar-refractivity contribution in [1.82, 2.24) is 0 Å². The highest BCUT2D eigenvalue weighted by Crippen LogP contribution is 2.00. The van der Waals surface area contributed by atoms with Crippen LogP contribution in [-0.4, -0.2) is 28.1 Å². The monoisotopic (exact) mass is 291 g/mol. The predicted octanol–water partition coefficient (Wildman–Crippen LogP) is 1.03. The van der Waals surface area contributed by atoms with Gasteiger partial charge in [0.2, 0.25) is 0 Å². The van der Waals surface area contributed by atoms with Gasteiger partial charge in [-0.05, 0) is 11.6 Å². The number of guanidine groups is 1. The molecule has 0 heterocycles. The van der Waals surface area contributed by atoms with Crippen molar-refractivity contribution < 1.29 is 19.8 Å². The Morgan fingerprint density at radius 1 is 1.19 bits per heavy atom. The summed E-state index contributed by atoms with van der Waals surface area (Å²) in [6.45, 7) is 3.01. The Morgan fingerprint density at radius 3 is 2.14 bits per heavy atom. The first kappa shape index (κ1) is 17.9. The van der Waals surface area contributed by atoms with E-state index in [0.717, 1.165) is 5.56 Å². The zero-order valence-corrected chi connectivity index (χ0v) is 11.3. The molecule has 1 rings (SSSR count). The van der Waals surface area contributed by atoms with Crippen molar-refractivity contribution in [3.8, 4) is 0 Å². The second kappa shape index (κ2) is 9.79. The molecular weight excluding hydrogens is 274 g/mol. The first-order chi connectivity index (χ1) is 9.82. The summed E-state index contributed by atoms with van der Waals surface area (Å²) in [5.41, 5.74) is 11.0. The molecule has 0 atom stereocenters. The van der Waals surface area contributed by atoms with Crippen LogP contribution in [0, 0.1) is 0 Å². The summed E-state index contributed by atoms with van der Waals surface area (Å²) in [5.74, 6) is -2.37. The van der Waals surface area contributed by atoms with Gasteiger partial charge in [0.25, 0.3) is 0 Å². The number of aliphatic imine (C=N–C) groups is 1. The number of carboxylic acid groups (broad SMARTS) is 2. The number of benzene rings is 1. The maximum absolute atomic E-state index is 9.87. The summed E-state index contributed by atoms with van der Waals surface area (Å²) in [6.07, 6.45) is 2.90. The van der Waals surface area contributed by atoms with Gasteiger partial charge in [0.1, 0.15) is 0 Å². The Balaban J connectivity index is 0.000000400. The maximum atomic E-state index is 9.87. The number of hydrogen-bond donors (Lipinski definition) is 4. The lowest BCUT2D eigenvalue weighted by Crippen LogP contribution is -2.21. The quantitative estimate of drug-likeness (QED) is 0.363. The first-order valence-corrected chi connectivity index (χ1v) is 5.76. The van der Waals surface area contributed by atoms with Gasteiger partial charge in [0, 0.05) is 11.8 Å². The van der Waals surface area contributed by atoms with Gasteiger partial charge < -0.3 is 21.7 Å². The van der Waals surface area contributed by atoms with Crippen LogP contribution in [0.15, 0.2) is 53.7 Å². The molecule has 0 aliphatic rings. The van der Waals surface area contributed by atoms with Crippen LogP contribution in [0.3, 0.4) is 0 Å². The summed E-state index contributed by atoms with van der Waals surface area (Å²) < 4.78 is 0. The van der Waals surface area contributed by atoms with Crippen LogP contribution in [0.2, 0.25) is 0 Å². The van der Waals surface area contributed by atoms with E-state index in [1.807, 2.05) is 36.4 Å². The molecule has 0 saturated heterocycles. The second-order valence-corrected chi connectivity index (χ2v) is 3.76. The van der Waals surface area contributed by atoms with Crippen LogP contribution < -0.4 is 11.5 Å². The second-order valence-electron chi connectivity index (χ2n) is 3.76. The van der Waals surface area contributed by atoms with Gasteiger partial charge in [-0.3, -0.25) is 4.79 Å². The Hall–Kier alpha value is -3.09. The maximum Gasteiger partial charge on any atom is 0.331 e. The Morgan fingerprint density at radius 2 is 1.76 bits per heavy atom. The molecule has 1 aromatic rings. The molecule has 0 radical (unpaired) electrons. The topological polar surface area (TPSA) is 139 Å². The van der Waals surface area contributed by atoms with E-state index in [-0.39, 0.29) is 11.5 Å². The molecule has 7 nitrogen and oxygen atoms in total. The molecule has 21 heavy (non-hydrogen) atoms. The van der Waals surface area contributed by atoms with Gasteiger partial charge in [0.05, 0.1) is 6.42 Å². The normalized spacial score (nSPS) is 9.33. The molecule has 0 saturated carbocycles. The molecule has 0 aromatic heterocycles. The Labute approximate surface area is 121 Å². The largest absolute Gasteiger partial charge is 0.481 e. The van der Waals surface area contributed by atoms with Crippen molar-refractivity contribution in [1.29, 1.82) is 0 Å². The average molecular weight is 291 g/mol. The van der Waals surface area contributed by atoms with E-state index in [0.29, 0.717) is 0 Å². The van der Waals surface area contributed by atoms with E-state index in [9.17, 15) is 9.59 Å². The van der Waals surface area contributed by atoms with E-state index in [2.05, 4.69) is 11.6 Å². The summed E-state index contributed by atoms with van der Waals surface area (Å²) >= 11 is 0. The summed E-state index contributed by atoms with van der Waals surface area (Å²) in [7, 11) is 0. The van der Waals surface area contributed by atoms with Gasteiger partial charge in [-0.25, -0.2) is 9.79 Å². The Bertz CT molecular complexity index is 547. The summed E-state index contributed by atoms with van der Waals surface area (Å²) in [5, 5.41) is 16.1. The van der Waals surface area contributed by atoms with E-state index < -0.39 is 18.4 Å². The summed E-state index contributed by atoms with van der Waals surface area (Å²) in [4.78, 5) is 23.4. The lowest BCUT2D eigenvalue weighted by molar-refractivity contribution is -0.139. The minimum absolute atomic E-state index is 0.0715. The van der Waals surface area contributed by atoms with E-state index in [1.54, 1.807) is 6.20 Å². The molecule has 0 aliphatic carbocycles. The smallest absolute Gasteiger partial charge is 0.331 e. The average Bonchev–Trinajstić information content (AvgIpc) is 2.39. The molecule has 0 spiro atoms. The molecular formula is C14H17N3O4. The van der Waals surface area contributed by atoms with Crippen LogP contribution in [0.1, 0.15) is 12.0 Å². The molecule has 0 fully saturated rings. The SMILES string of the molecule is C=C(CC(=O)O)C(=O)O.NC(N)=NC=Cc1ccccc1. The van der Waals surface area contributed by atoms with Gasteiger partial charge in [-0.1, -0.05) is 36.9 Å². The zero-order chi connectivity index (χ0) is 16.3. The molecule has 0 bridgehead atoms. The minimum Gasteiger partial charge on any atom is -0.481 e. The molecule has 112 valence electrons. The number of nitrogens with zero attached hydrogens (tertiary/aromatic N) is 1. The number of carboxylic acids is 2. The van der Waals surface area contributed by atoms with Crippen molar-refractivity contribution in [2.75, 3.05) is 0 Å². The highest BCUT2D eigenvalue weighted by atomic mass is 16.4. The van der Waals surface area contributed by atoms with Gasteiger partial charge in [0.15, 0.2) is 5.96 Å². The molecule has 0 amide bonds. The summed E-state index contributed by atoms with van der Waals surface area (Å²) in [6, 6.07) is 9.81. The fraction of sp³-hybridized carbons (Fsp3) is 0.0714. The van der Waals surface area contributed by atoms with Crippen LogP contribution in [0.25, 0.3) is 6.08 Å². The molecule has 0 aliphatic heterocycles. The van der Waals surface area contributed by atoms with Crippen LogP contribution >= 0.6 is 0 Å². The highest BCUT2D eigenvalue weighted by Gasteiger charge is 2.07. The molecule has 7 heteroatoms. The van der Waals surface area contributed by atoms with Crippen molar-refractivity contribution in [3.63, 3.8) is 0 Å². The molecule has 1 aromatic carbocycles. The van der Waals surface area contributed by atoms with E-state index in [4.69, 9.17) is 21.7 Å². The standard InChI is InChI=1S/C9H11N3.C5H6O4/c10-9(11)12-7-6-8-4-2-1-3-5-8;1-3(5(8)9)2-4(6)7/h1-7H,(H4,10,11,12);1-2H2,(H,6,7)(H,8,9). The number of nitrogens with two attached hydrogens (primary N) is 2. The van der Waals surface area contributed by atoms with Crippen molar-refractivity contribution >= 4 is 24.0 Å². The van der Waals surface area contributed by atoms with Gasteiger partial charge in [-0.2, -0.15) is 0 Å². The van der Waals surface area contributed by atoms with Crippen molar-refractivity contribution in [2.45, 2.75) is 6.42 Å².